The molecular weight excluding hydrogens is 392 g/mol. The summed E-state index contributed by atoms with van der Waals surface area (Å²) in [4.78, 5) is 23.7. The number of hydrogen-bond donors (Lipinski definition) is 2. The van der Waals surface area contributed by atoms with Crippen LogP contribution < -0.4 is 16.2 Å². The van der Waals surface area contributed by atoms with Gasteiger partial charge in [-0.1, -0.05) is 0 Å². The Morgan fingerprint density at radius 1 is 1.23 bits per heavy atom. The van der Waals surface area contributed by atoms with Crippen molar-refractivity contribution in [3.63, 3.8) is 0 Å². The van der Waals surface area contributed by atoms with Gasteiger partial charge in [-0.15, -0.1) is 0 Å². The summed E-state index contributed by atoms with van der Waals surface area (Å²) in [5.41, 5.74) is 7.10. The van der Waals surface area contributed by atoms with Crippen LogP contribution >= 0.6 is 0 Å². The van der Waals surface area contributed by atoms with Gasteiger partial charge in [-0.3, -0.25) is 19.4 Å². The van der Waals surface area contributed by atoms with Crippen LogP contribution in [0.2, 0.25) is 0 Å². The third kappa shape index (κ3) is 2.89. The summed E-state index contributed by atoms with van der Waals surface area (Å²) in [5, 5.41) is 7.56. The van der Waals surface area contributed by atoms with Gasteiger partial charge in [0.25, 0.3) is 5.56 Å². The lowest BCUT2D eigenvalue weighted by molar-refractivity contribution is -0.00686. The monoisotopic (exact) mass is 415 g/mol. The predicted molar refractivity (Wildman–Crippen MR) is 108 cm³/mol. The lowest BCUT2D eigenvalue weighted by Crippen LogP contribution is -2.48. The predicted octanol–water partition coefficient (Wildman–Crippen LogP) is 2.06. The van der Waals surface area contributed by atoms with Crippen LogP contribution in [-0.4, -0.2) is 49.8 Å². The standard InChI is InChI=1S/C20H23F2N7O/c1-28-17(30)14-15(12-2-6-24-7-3-12)26-27-16(14)25-18(28)29-8-4-19(5-9-29)11-20(21,22)10-13(19)23/h2-3,6-7,13H,4-5,8-11,23H2,1H3,(H,26,27)/t13-/m1/s1. The van der Waals surface area contributed by atoms with E-state index in [1.807, 2.05) is 4.90 Å². The van der Waals surface area contributed by atoms with Crippen LogP contribution in [0.5, 0.6) is 0 Å². The molecule has 3 aromatic rings. The van der Waals surface area contributed by atoms with E-state index < -0.39 is 17.4 Å². The number of alkyl halides is 2. The zero-order valence-corrected chi connectivity index (χ0v) is 16.6. The molecule has 2 aliphatic rings. The smallest absolute Gasteiger partial charge is 0.266 e. The molecule has 3 N–H and O–H groups in total. The minimum absolute atomic E-state index is 0.158. The largest absolute Gasteiger partial charge is 0.342 e. The Kier molecular flexibility index (Phi) is 4.18. The van der Waals surface area contributed by atoms with Gasteiger partial charge in [-0.25, -0.2) is 8.78 Å². The first-order chi connectivity index (χ1) is 14.3. The van der Waals surface area contributed by atoms with Crippen LogP contribution in [0.25, 0.3) is 22.3 Å². The van der Waals surface area contributed by atoms with Crippen molar-refractivity contribution in [2.24, 2.45) is 18.2 Å². The zero-order chi connectivity index (χ0) is 21.1. The van der Waals surface area contributed by atoms with Gasteiger partial charge in [0.05, 0.1) is 5.69 Å². The third-order valence-corrected chi connectivity index (χ3v) is 6.70. The highest BCUT2D eigenvalue weighted by Gasteiger charge is 2.55. The quantitative estimate of drug-likeness (QED) is 0.664. The third-order valence-electron chi connectivity index (χ3n) is 6.70. The molecule has 4 heterocycles. The van der Waals surface area contributed by atoms with E-state index >= 15 is 0 Å². The Labute approximate surface area is 171 Å². The van der Waals surface area contributed by atoms with Crippen molar-refractivity contribution >= 4 is 17.0 Å². The maximum Gasteiger partial charge on any atom is 0.266 e. The molecule has 3 aromatic heterocycles. The van der Waals surface area contributed by atoms with Gasteiger partial charge in [0, 0.05) is 57.0 Å². The van der Waals surface area contributed by atoms with Gasteiger partial charge in [0.2, 0.25) is 11.9 Å². The topological polar surface area (TPSA) is 106 Å². The molecule has 0 bridgehead atoms. The molecule has 1 saturated carbocycles. The van der Waals surface area contributed by atoms with Crippen molar-refractivity contribution in [3.8, 4) is 11.3 Å². The molecule has 1 aliphatic heterocycles. The summed E-state index contributed by atoms with van der Waals surface area (Å²) < 4.78 is 29.3. The van der Waals surface area contributed by atoms with Crippen LogP contribution in [0.4, 0.5) is 14.7 Å². The molecule has 1 saturated heterocycles. The van der Waals surface area contributed by atoms with E-state index in [4.69, 9.17) is 5.73 Å². The molecule has 1 spiro atoms. The average Bonchev–Trinajstić information content (AvgIpc) is 3.24. The van der Waals surface area contributed by atoms with Gasteiger partial charge in [-0.2, -0.15) is 10.1 Å². The van der Waals surface area contributed by atoms with Crippen molar-refractivity contribution in [1.82, 2.24) is 24.7 Å². The number of fused-ring (bicyclic) bond motifs is 1. The van der Waals surface area contributed by atoms with Crippen molar-refractivity contribution in [3.05, 3.63) is 34.9 Å². The van der Waals surface area contributed by atoms with Crippen LogP contribution in [0.3, 0.4) is 0 Å². The molecule has 0 radical (unpaired) electrons. The van der Waals surface area contributed by atoms with Gasteiger partial charge in [-0.05, 0) is 30.4 Å². The molecule has 1 atom stereocenters. The summed E-state index contributed by atoms with van der Waals surface area (Å²) in [6, 6.07) is 3.10. The second kappa shape index (κ2) is 6.56. The number of nitrogens with one attached hydrogen (secondary N) is 1. The number of hydrogen-bond acceptors (Lipinski definition) is 6. The van der Waals surface area contributed by atoms with E-state index in [-0.39, 0.29) is 18.4 Å². The fourth-order valence-electron chi connectivity index (χ4n) is 5.01. The number of H-pyrrole nitrogens is 1. The Morgan fingerprint density at radius 2 is 1.93 bits per heavy atom. The molecule has 0 unspecified atom stereocenters. The summed E-state index contributed by atoms with van der Waals surface area (Å²) in [6.07, 6.45) is 4.00. The molecule has 0 aromatic carbocycles. The van der Waals surface area contributed by atoms with E-state index in [9.17, 15) is 13.6 Å². The Balaban J connectivity index is 1.47. The number of aromatic nitrogens is 5. The van der Waals surface area contributed by atoms with E-state index in [1.54, 1.807) is 31.6 Å². The number of aromatic amines is 1. The van der Waals surface area contributed by atoms with E-state index in [0.29, 0.717) is 48.6 Å². The number of pyridine rings is 1. The fraction of sp³-hybridized carbons (Fsp3) is 0.500. The first-order valence-electron chi connectivity index (χ1n) is 10.0. The Morgan fingerprint density at radius 3 is 2.57 bits per heavy atom. The number of nitrogens with zero attached hydrogens (tertiary/aromatic N) is 5. The highest BCUT2D eigenvalue weighted by molar-refractivity contribution is 5.90. The highest BCUT2D eigenvalue weighted by atomic mass is 19.3. The van der Waals surface area contributed by atoms with E-state index in [2.05, 4.69) is 20.2 Å². The number of anilines is 1. The van der Waals surface area contributed by atoms with Crippen LogP contribution in [0.1, 0.15) is 25.7 Å². The molecular formula is C20H23F2N7O. The molecule has 10 heteroatoms. The van der Waals surface area contributed by atoms with Crippen molar-refractivity contribution in [2.45, 2.75) is 37.6 Å². The Bertz CT molecular complexity index is 1150. The molecule has 158 valence electrons. The summed E-state index contributed by atoms with van der Waals surface area (Å²) >= 11 is 0. The Hall–Kier alpha value is -2.88. The molecule has 0 amide bonds. The molecule has 2 fully saturated rings. The maximum atomic E-state index is 13.9. The molecule has 5 rings (SSSR count). The first kappa shape index (κ1) is 19.1. The summed E-state index contributed by atoms with van der Waals surface area (Å²) in [7, 11) is 1.67. The molecule has 8 nitrogen and oxygen atoms in total. The number of nitrogens with two attached hydrogens (primary N) is 1. The summed E-state index contributed by atoms with van der Waals surface area (Å²) in [5.74, 6) is -2.20. The van der Waals surface area contributed by atoms with Gasteiger partial charge < -0.3 is 10.6 Å². The maximum absolute atomic E-state index is 13.9. The number of halogens is 2. The lowest BCUT2D eigenvalue weighted by atomic mass is 9.74. The first-order valence-corrected chi connectivity index (χ1v) is 10.0. The molecule has 1 aliphatic carbocycles. The lowest BCUT2D eigenvalue weighted by Gasteiger charge is -2.42. The van der Waals surface area contributed by atoms with Crippen LogP contribution in [0, 0.1) is 5.41 Å². The van der Waals surface area contributed by atoms with Crippen molar-refractivity contribution in [2.75, 3.05) is 18.0 Å². The highest BCUT2D eigenvalue weighted by Crippen LogP contribution is 2.52. The van der Waals surface area contributed by atoms with Gasteiger partial charge in [0.1, 0.15) is 5.39 Å². The summed E-state index contributed by atoms with van der Waals surface area (Å²) in [6.45, 7) is 1.05. The van der Waals surface area contributed by atoms with Gasteiger partial charge in [0.15, 0.2) is 5.65 Å². The van der Waals surface area contributed by atoms with Crippen molar-refractivity contribution in [1.29, 1.82) is 0 Å². The molecule has 30 heavy (non-hydrogen) atoms. The van der Waals surface area contributed by atoms with Crippen molar-refractivity contribution < 1.29 is 8.78 Å². The van der Waals surface area contributed by atoms with E-state index in [0.717, 1.165) is 5.56 Å². The zero-order valence-electron chi connectivity index (χ0n) is 16.6. The van der Waals surface area contributed by atoms with E-state index in [1.165, 1.54) is 4.57 Å². The SMILES string of the molecule is Cn1c(N2CCC3(CC2)CC(F)(F)C[C@H]3N)nc2n[nH]c(-c3ccncc3)c2c1=O. The van der Waals surface area contributed by atoms with Crippen LogP contribution in [-0.2, 0) is 7.05 Å². The van der Waals surface area contributed by atoms with Crippen LogP contribution in [0.15, 0.2) is 29.3 Å². The fourth-order valence-corrected chi connectivity index (χ4v) is 5.01. The minimum Gasteiger partial charge on any atom is -0.342 e. The second-order valence-corrected chi connectivity index (χ2v) is 8.50. The average molecular weight is 415 g/mol. The normalized spacial score (nSPS) is 22.8. The number of rotatable bonds is 2. The van der Waals surface area contributed by atoms with Gasteiger partial charge >= 0.3 is 0 Å². The number of piperidine rings is 1. The second-order valence-electron chi connectivity index (χ2n) is 8.50. The minimum atomic E-state index is -2.69.